The molecule has 0 spiro atoms. The smallest absolute Gasteiger partial charge is 0.421 e. The van der Waals surface area contributed by atoms with Crippen LogP contribution < -0.4 is 4.90 Å². The van der Waals surface area contributed by atoms with E-state index in [0.29, 0.717) is 22.2 Å². The number of carbonyl (C=O) groups excluding carboxylic acids is 2. The maximum absolute atomic E-state index is 13.0. The van der Waals surface area contributed by atoms with Gasteiger partial charge in [-0.05, 0) is 62.6 Å². The molecule has 0 saturated heterocycles. The van der Waals surface area contributed by atoms with Gasteiger partial charge in [0.1, 0.15) is 5.60 Å². The number of amides is 2. The van der Waals surface area contributed by atoms with Crippen molar-refractivity contribution < 1.29 is 14.3 Å². The Kier molecular flexibility index (Phi) is 5.00. The SMILES string of the molecule is CC(C)(C)OC(=O)N1C(=O)C(Cc2cccc(Cl)c2)c2ccc(Cl)cc21. The second-order valence-corrected chi connectivity index (χ2v) is 8.12. The summed E-state index contributed by atoms with van der Waals surface area (Å²) in [5.41, 5.74) is 1.44. The predicted molar refractivity (Wildman–Crippen MR) is 103 cm³/mol. The molecule has 0 radical (unpaired) electrons. The maximum Gasteiger partial charge on any atom is 0.421 e. The van der Waals surface area contributed by atoms with Crippen molar-refractivity contribution in [2.75, 3.05) is 4.90 Å². The second kappa shape index (κ2) is 6.93. The number of hydrogen-bond acceptors (Lipinski definition) is 3. The molecule has 0 aliphatic carbocycles. The Hall–Kier alpha value is -2.04. The van der Waals surface area contributed by atoms with Crippen LogP contribution in [0.25, 0.3) is 0 Å². The Labute approximate surface area is 162 Å². The predicted octanol–water partition coefficient (Wildman–Crippen LogP) is 5.60. The van der Waals surface area contributed by atoms with E-state index >= 15 is 0 Å². The molecule has 0 bridgehead atoms. The number of ether oxygens (including phenoxy) is 1. The highest BCUT2D eigenvalue weighted by atomic mass is 35.5. The summed E-state index contributed by atoms with van der Waals surface area (Å²) in [4.78, 5) is 26.7. The van der Waals surface area contributed by atoms with E-state index in [-0.39, 0.29) is 5.91 Å². The number of nitrogens with zero attached hydrogens (tertiary/aromatic N) is 1. The summed E-state index contributed by atoms with van der Waals surface area (Å²) >= 11 is 12.1. The maximum atomic E-state index is 13.0. The van der Waals surface area contributed by atoms with Crippen molar-refractivity contribution in [2.24, 2.45) is 0 Å². The van der Waals surface area contributed by atoms with Crippen LogP contribution in [0.3, 0.4) is 0 Å². The first-order valence-corrected chi connectivity index (χ1v) is 9.02. The molecule has 1 heterocycles. The Morgan fingerprint density at radius 1 is 1.12 bits per heavy atom. The summed E-state index contributed by atoms with van der Waals surface area (Å²) in [5, 5.41) is 1.06. The quantitative estimate of drug-likeness (QED) is 0.668. The molecule has 6 heteroatoms. The van der Waals surface area contributed by atoms with E-state index in [4.69, 9.17) is 27.9 Å². The number of halogens is 2. The first kappa shape index (κ1) is 18.7. The zero-order valence-electron chi connectivity index (χ0n) is 14.8. The molecule has 4 nitrogen and oxygen atoms in total. The third-order valence-electron chi connectivity index (χ3n) is 4.03. The lowest BCUT2D eigenvalue weighted by Crippen LogP contribution is -2.39. The van der Waals surface area contributed by atoms with Crippen molar-refractivity contribution in [2.45, 2.75) is 38.7 Å². The average Bonchev–Trinajstić information content (AvgIpc) is 2.77. The zero-order valence-corrected chi connectivity index (χ0v) is 16.3. The van der Waals surface area contributed by atoms with Gasteiger partial charge in [-0.2, -0.15) is 0 Å². The van der Waals surface area contributed by atoms with Crippen LogP contribution in [0.2, 0.25) is 10.0 Å². The van der Waals surface area contributed by atoms with E-state index in [1.54, 1.807) is 45.0 Å². The summed E-state index contributed by atoms with van der Waals surface area (Å²) in [7, 11) is 0. The standard InChI is InChI=1S/C20H19Cl2NO3/c1-20(2,3)26-19(25)23-17-11-14(22)7-8-15(17)16(18(23)24)10-12-5-4-6-13(21)9-12/h4-9,11,16H,10H2,1-3H3. The van der Waals surface area contributed by atoms with Crippen LogP contribution in [0.15, 0.2) is 42.5 Å². The normalized spacial score (nSPS) is 16.6. The summed E-state index contributed by atoms with van der Waals surface area (Å²) in [6.45, 7) is 5.27. The second-order valence-electron chi connectivity index (χ2n) is 7.24. The monoisotopic (exact) mass is 391 g/mol. The van der Waals surface area contributed by atoms with Gasteiger partial charge >= 0.3 is 6.09 Å². The molecular weight excluding hydrogens is 373 g/mol. The lowest BCUT2D eigenvalue weighted by Gasteiger charge is -2.24. The van der Waals surface area contributed by atoms with Crippen molar-refractivity contribution in [1.82, 2.24) is 0 Å². The molecule has 1 aliphatic rings. The first-order chi connectivity index (χ1) is 12.2. The molecular formula is C20H19Cl2NO3. The number of benzene rings is 2. The third-order valence-corrected chi connectivity index (χ3v) is 4.50. The van der Waals surface area contributed by atoms with Crippen molar-refractivity contribution in [3.63, 3.8) is 0 Å². The van der Waals surface area contributed by atoms with E-state index in [0.717, 1.165) is 16.0 Å². The van der Waals surface area contributed by atoms with Crippen LogP contribution in [-0.2, 0) is 16.0 Å². The summed E-state index contributed by atoms with van der Waals surface area (Å²) in [5.74, 6) is -0.815. The average molecular weight is 392 g/mol. The van der Waals surface area contributed by atoms with E-state index in [9.17, 15) is 9.59 Å². The number of fused-ring (bicyclic) bond motifs is 1. The van der Waals surface area contributed by atoms with Gasteiger partial charge in [-0.25, -0.2) is 9.69 Å². The number of anilines is 1. The molecule has 26 heavy (non-hydrogen) atoms. The zero-order chi connectivity index (χ0) is 19.1. The molecule has 136 valence electrons. The molecule has 0 fully saturated rings. The van der Waals surface area contributed by atoms with Crippen molar-refractivity contribution in [3.05, 3.63) is 63.6 Å². The lowest BCUT2D eigenvalue weighted by atomic mass is 9.93. The highest BCUT2D eigenvalue weighted by molar-refractivity contribution is 6.31. The van der Waals surface area contributed by atoms with Crippen LogP contribution in [0.4, 0.5) is 10.5 Å². The Bertz CT molecular complexity index is 874. The Morgan fingerprint density at radius 2 is 1.81 bits per heavy atom. The van der Waals surface area contributed by atoms with Gasteiger partial charge in [0.25, 0.3) is 0 Å². The largest absolute Gasteiger partial charge is 0.443 e. The van der Waals surface area contributed by atoms with Gasteiger partial charge < -0.3 is 4.74 Å². The minimum atomic E-state index is -0.707. The summed E-state index contributed by atoms with van der Waals surface area (Å²) in [6, 6.07) is 12.5. The Balaban J connectivity index is 1.98. The van der Waals surface area contributed by atoms with Gasteiger partial charge in [-0.1, -0.05) is 41.4 Å². The number of hydrogen-bond donors (Lipinski definition) is 0. The Morgan fingerprint density at radius 3 is 2.46 bits per heavy atom. The van der Waals surface area contributed by atoms with Crippen LogP contribution >= 0.6 is 23.2 Å². The highest BCUT2D eigenvalue weighted by Crippen LogP contribution is 2.41. The minimum Gasteiger partial charge on any atom is -0.443 e. The van der Waals surface area contributed by atoms with Gasteiger partial charge in [0, 0.05) is 10.0 Å². The highest BCUT2D eigenvalue weighted by Gasteiger charge is 2.42. The molecule has 0 aromatic heterocycles. The fourth-order valence-corrected chi connectivity index (χ4v) is 3.38. The first-order valence-electron chi connectivity index (χ1n) is 8.26. The minimum absolute atomic E-state index is 0.323. The molecule has 2 amide bonds. The molecule has 2 aromatic carbocycles. The fraction of sp³-hybridized carbons (Fsp3) is 0.300. The van der Waals surface area contributed by atoms with Gasteiger partial charge in [-0.15, -0.1) is 0 Å². The van der Waals surface area contributed by atoms with Crippen LogP contribution in [-0.4, -0.2) is 17.6 Å². The summed E-state index contributed by atoms with van der Waals surface area (Å²) < 4.78 is 5.41. The molecule has 0 saturated carbocycles. The molecule has 0 N–H and O–H groups in total. The number of imide groups is 1. The molecule has 2 aromatic rings. The van der Waals surface area contributed by atoms with Gasteiger partial charge in [0.15, 0.2) is 0 Å². The van der Waals surface area contributed by atoms with Crippen LogP contribution in [0, 0.1) is 0 Å². The topological polar surface area (TPSA) is 46.6 Å². The van der Waals surface area contributed by atoms with Crippen LogP contribution in [0.1, 0.15) is 37.8 Å². The van der Waals surface area contributed by atoms with E-state index in [1.807, 2.05) is 18.2 Å². The van der Waals surface area contributed by atoms with Crippen molar-refractivity contribution in [3.8, 4) is 0 Å². The molecule has 3 rings (SSSR count). The summed E-state index contributed by atoms with van der Waals surface area (Å²) in [6.07, 6.45) is -0.257. The number of carbonyl (C=O) groups is 2. The lowest BCUT2D eigenvalue weighted by molar-refractivity contribution is -0.119. The molecule has 1 aliphatic heterocycles. The third kappa shape index (κ3) is 3.87. The van der Waals surface area contributed by atoms with E-state index in [1.165, 1.54) is 0 Å². The van der Waals surface area contributed by atoms with E-state index < -0.39 is 17.6 Å². The van der Waals surface area contributed by atoms with Gasteiger partial charge in [0.05, 0.1) is 11.6 Å². The van der Waals surface area contributed by atoms with Crippen molar-refractivity contribution in [1.29, 1.82) is 0 Å². The molecule has 1 unspecified atom stereocenters. The number of rotatable bonds is 2. The van der Waals surface area contributed by atoms with Crippen LogP contribution in [0.5, 0.6) is 0 Å². The molecule has 1 atom stereocenters. The van der Waals surface area contributed by atoms with Gasteiger partial charge in [-0.3, -0.25) is 4.79 Å². The van der Waals surface area contributed by atoms with Crippen molar-refractivity contribution >= 4 is 40.9 Å². The van der Waals surface area contributed by atoms with Gasteiger partial charge in [0.2, 0.25) is 5.91 Å². The fourth-order valence-electron chi connectivity index (χ4n) is 3.01. The van der Waals surface area contributed by atoms with E-state index in [2.05, 4.69) is 0 Å².